The third-order valence-electron chi connectivity index (χ3n) is 3.70. The molecule has 4 heteroatoms. The van der Waals surface area contributed by atoms with Gasteiger partial charge in [-0.15, -0.1) is 0 Å². The normalized spacial score (nSPS) is 10.7. The molecule has 0 aliphatic rings. The van der Waals surface area contributed by atoms with Crippen LogP contribution >= 0.6 is 0 Å². The number of para-hydroxylation sites is 2. The predicted octanol–water partition coefficient (Wildman–Crippen LogP) is 4.75. The van der Waals surface area contributed by atoms with Crippen LogP contribution in [0.15, 0.2) is 83.3 Å². The Morgan fingerprint density at radius 2 is 1.67 bits per heavy atom. The van der Waals surface area contributed by atoms with Crippen LogP contribution in [-0.2, 0) is 0 Å². The molecule has 1 amide bonds. The smallest absolute Gasteiger partial charge is 0.255 e. The summed E-state index contributed by atoms with van der Waals surface area (Å²) in [4.78, 5) is 16.7. The lowest BCUT2D eigenvalue weighted by molar-refractivity contribution is 0.102. The summed E-state index contributed by atoms with van der Waals surface area (Å²) in [5, 5.41) is 2.89. The number of hydrogen-bond donors (Lipinski definition) is 1. The lowest BCUT2D eigenvalue weighted by Crippen LogP contribution is -2.11. The monoisotopic (exact) mass is 314 g/mol. The summed E-state index contributed by atoms with van der Waals surface area (Å²) in [6.45, 7) is 0. The first kappa shape index (κ1) is 14.2. The topological polar surface area (TPSA) is 55.1 Å². The van der Waals surface area contributed by atoms with Gasteiger partial charge in [0.25, 0.3) is 5.91 Å². The number of carbonyl (C=O) groups excluding carboxylic acids is 1. The Bertz CT molecular complexity index is 973. The van der Waals surface area contributed by atoms with E-state index < -0.39 is 0 Å². The Morgan fingerprint density at radius 3 is 2.50 bits per heavy atom. The van der Waals surface area contributed by atoms with Crippen molar-refractivity contribution in [3.63, 3.8) is 0 Å². The highest BCUT2D eigenvalue weighted by molar-refractivity contribution is 6.04. The lowest BCUT2D eigenvalue weighted by atomic mass is 10.1. The Balaban J connectivity index is 1.63. The molecule has 0 aliphatic heterocycles. The molecule has 0 bridgehead atoms. The minimum Gasteiger partial charge on any atom is -0.436 e. The molecular weight excluding hydrogens is 300 g/mol. The van der Waals surface area contributed by atoms with Gasteiger partial charge in [-0.05, 0) is 42.5 Å². The molecule has 0 spiro atoms. The fraction of sp³-hybridized carbons (Fsp3) is 0. The third kappa shape index (κ3) is 2.77. The zero-order valence-corrected chi connectivity index (χ0v) is 12.8. The molecule has 116 valence electrons. The van der Waals surface area contributed by atoms with Crippen LogP contribution < -0.4 is 5.32 Å². The van der Waals surface area contributed by atoms with E-state index in [4.69, 9.17) is 4.42 Å². The molecule has 1 heterocycles. The number of rotatable bonds is 3. The van der Waals surface area contributed by atoms with Gasteiger partial charge >= 0.3 is 0 Å². The van der Waals surface area contributed by atoms with Gasteiger partial charge in [0.05, 0.1) is 0 Å². The van der Waals surface area contributed by atoms with Gasteiger partial charge < -0.3 is 9.73 Å². The highest BCUT2D eigenvalue weighted by atomic mass is 16.3. The molecule has 3 aromatic carbocycles. The number of aromatic nitrogens is 1. The van der Waals surface area contributed by atoms with E-state index in [1.807, 2.05) is 66.7 Å². The van der Waals surface area contributed by atoms with Crippen LogP contribution in [0.5, 0.6) is 0 Å². The van der Waals surface area contributed by atoms with Gasteiger partial charge in [-0.1, -0.05) is 36.4 Å². The minimum atomic E-state index is -0.148. The molecule has 0 saturated carbocycles. The van der Waals surface area contributed by atoms with Crippen molar-refractivity contribution in [3.05, 3.63) is 84.4 Å². The van der Waals surface area contributed by atoms with Crippen molar-refractivity contribution in [1.29, 1.82) is 0 Å². The van der Waals surface area contributed by atoms with Crippen LogP contribution in [0.25, 0.3) is 22.6 Å². The lowest BCUT2D eigenvalue weighted by Gasteiger charge is -2.06. The van der Waals surface area contributed by atoms with Crippen LogP contribution in [0, 0.1) is 0 Å². The maximum absolute atomic E-state index is 12.3. The number of fused-ring (bicyclic) bond motifs is 1. The number of carbonyl (C=O) groups is 1. The summed E-state index contributed by atoms with van der Waals surface area (Å²) < 4.78 is 5.77. The highest BCUT2D eigenvalue weighted by Gasteiger charge is 2.10. The zero-order chi connectivity index (χ0) is 16.4. The Labute approximate surface area is 138 Å². The first-order valence-electron chi connectivity index (χ1n) is 7.62. The average molecular weight is 314 g/mol. The number of oxazole rings is 1. The Morgan fingerprint density at radius 1 is 0.875 bits per heavy atom. The number of nitrogens with one attached hydrogen (secondary N) is 1. The van der Waals surface area contributed by atoms with E-state index in [0.29, 0.717) is 17.1 Å². The molecular formula is C20H14N2O2. The Hall–Kier alpha value is -3.40. The predicted molar refractivity (Wildman–Crippen MR) is 93.8 cm³/mol. The standard InChI is InChI=1S/C20H14N2O2/c23-19(14-7-2-1-3-8-14)21-16-10-6-9-15(13-16)20-22-17-11-4-5-12-18(17)24-20/h1-13H,(H,21,23). The van der Waals surface area contributed by atoms with E-state index in [0.717, 1.165) is 16.7 Å². The molecule has 4 aromatic rings. The highest BCUT2D eigenvalue weighted by Crippen LogP contribution is 2.26. The summed E-state index contributed by atoms with van der Waals surface area (Å²) in [5.41, 5.74) is 3.68. The van der Waals surface area contributed by atoms with Gasteiger partial charge in [-0.2, -0.15) is 0 Å². The quantitative estimate of drug-likeness (QED) is 0.594. The van der Waals surface area contributed by atoms with Crippen molar-refractivity contribution in [3.8, 4) is 11.5 Å². The summed E-state index contributed by atoms with van der Waals surface area (Å²) in [6.07, 6.45) is 0. The molecule has 4 nitrogen and oxygen atoms in total. The first-order chi connectivity index (χ1) is 11.8. The molecule has 0 fully saturated rings. The van der Waals surface area contributed by atoms with E-state index in [2.05, 4.69) is 10.3 Å². The number of amides is 1. The van der Waals surface area contributed by atoms with Crippen LogP contribution in [0.1, 0.15) is 10.4 Å². The molecule has 0 radical (unpaired) electrons. The molecule has 0 atom stereocenters. The largest absolute Gasteiger partial charge is 0.436 e. The van der Waals surface area contributed by atoms with E-state index in [-0.39, 0.29) is 5.91 Å². The second-order valence-corrected chi connectivity index (χ2v) is 5.39. The van der Waals surface area contributed by atoms with Gasteiger partial charge in [-0.3, -0.25) is 4.79 Å². The van der Waals surface area contributed by atoms with Crippen molar-refractivity contribution < 1.29 is 9.21 Å². The summed E-state index contributed by atoms with van der Waals surface area (Å²) >= 11 is 0. The maximum atomic E-state index is 12.3. The van der Waals surface area contributed by atoms with Crippen molar-refractivity contribution in [2.24, 2.45) is 0 Å². The van der Waals surface area contributed by atoms with Crippen molar-refractivity contribution in [1.82, 2.24) is 4.98 Å². The SMILES string of the molecule is O=C(Nc1cccc(-c2nc3ccccc3o2)c1)c1ccccc1. The molecule has 0 saturated heterocycles. The fourth-order valence-electron chi connectivity index (χ4n) is 2.52. The maximum Gasteiger partial charge on any atom is 0.255 e. The van der Waals surface area contributed by atoms with Gasteiger partial charge in [0.15, 0.2) is 5.58 Å². The molecule has 4 rings (SSSR count). The number of hydrogen-bond acceptors (Lipinski definition) is 3. The third-order valence-corrected chi connectivity index (χ3v) is 3.70. The number of anilines is 1. The average Bonchev–Trinajstić information content (AvgIpc) is 3.07. The second-order valence-electron chi connectivity index (χ2n) is 5.39. The summed E-state index contributed by atoms with van der Waals surface area (Å²) in [6, 6.07) is 24.2. The summed E-state index contributed by atoms with van der Waals surface area (Å²) in [7, 11) is 0. The van der Waals surface area contributed by atoms with Crippen LogP contribution in [0.4, 0.5) is 5.69 Å². The second kappa shape index (κ2) is 6.01. The van der Waals surface area contributed by atoms with E-state index in [1.54, 1.807) is 12.1 Å². The Kier molecular flexibility index (Phi) is 3.56. The minimum absolute atomic E-state index is 0.148. The number of benzene rings is 3. The van der Waals surface area contributed by atoms with Crippen LogP contribution in [0.3, 0.4) is 0 Å². The first-order valence-corrected chi connectivity index (χ1v) is 7.62. The molecule has 0 unspecified atom stereocenters. The van der Waals surface area contributed by atoms with Gasteiger partial charge in [-0.25, -0.2) is 4.98 Å². The van der Waals surface area contributed by atoms with E-state index in [9.17, 15) is 4.79 Å². The van der Waals surface area contributed by atoms with Crippen molar-refractivity contribution >= 4 is 22.7 Å². The van der Waals surface area contributed by atoms with E-state index in [1.165, 1.54) is 0 Å². The molecule has 1 N–H and O–H groups in total. The van der Waals surface area contributed by atoms with Crippen molar-refractivity contribution in [2.75, 3.05) is 5.32 Å². The van der Waals surface area contributed by atoms with Crippen LogP contribution in [0.2, 0.25) is 0 Å². The summed E-state index contributed by atoms with van der Waals surface area (Å²) in [5.74, 6) is 0.386. The van der Waals surface area contributed by atoms with Gasteiger partial charge in [0.2, 0.25) is 5.89 Å². The van der Waals surface area contributed by atoms with E-state index >= 15 is 0 Å². The molecule has 24 heavy (non-hydrogen) atoms. The van der Waals surface area contributed by atoms with Gasteiger partial charge in [0.1, 0.15) is 5.52 Å². The zero-order valence-electron chi connectivity index (χ0n) is 12.8. The van der Waals surface area contributed by atoms with Gasteiger partial charge in [0, 0.05) is 16.8 Å². The molecule has 0 aliphatic carbocycles. The number of nitrogens with zero attached hydrogens (tertiary/aromatic N) is 1. The van der Waals surface area contributed by atoms with Crippen LogP contribution in [-0.4, -0.2) is 10.9 Å². The fourth-order valence-corrected chi connectivity index (χ4v) is 2.52. The molecule has 1 aromatic heterocycles. The van der Waals surface area contributed by atoms with Crippen molar-refractivity contribution in [2.45, 2.75) is 0 Å².